The molecule has 1 nitrogen and oxygen atoms in total. The Bertz CT molecular complexity index is 273. The Morgan fingerprint density at radius 3 is 2.67 bits per heavy atom. The summed E-state index contributed by atoms with van der Waals surface area (Å²) in [6.45, 7) is 6.78. The van der Waals surface area contributed by atoms with Crippen LogP contribution in [0.5, 0.6) is 0 Å². The molecule has 1 heteroatoms. The van der Waals surface area contributed by atoms with E-state index in [0.29, 0.717) is 11.3 Å². The minimum atomic E-state index is 0.294. The maximum absolute atomic E-state index is 10.6. The molecule has 0 N–H and O–H groups in total. The Labute approximate surface area is 93.3 Å². The predicted octanol–water partition coefficient (Wildman–Crippen LogP) is 3.90. The lowest BCUT2D eigenvalue weighted by Gasteiger charge is -2.36. The van der Waals surface area contributed by atoms with E-state index in [1.807, 2.05) is 6.08 Å². The molecule has 0 spiro atoms. The summed E-state index contributed by atoms with van der Waals surface area (Å²) in [5, 5.41) is 0. The average Bonchev–Trinajstić information content (AvgIpc) is 2.27. The first-order valence-corrected chi connectivity index (χ1v) is 5.99. The molecular weight excluding hydrogens is 184 g/mol. The van der Waals surface area contributed by atoms with Crippen LogP contribution in [0.25, 0.3) is 0 Å². The van der Waals surface area contributed by atoms with Crippen LogP contribution in [0, 0.1) is 11.3 Å². The largest absolute Gasteiger partial charge is 0.298 e. The molecule has 1 aliphatic carbocycles. The number of carbonyl (C=O) groups is 1. The Balaban J connectivity index is 2.75. The molecule has 0 amide bonds. The molecule has 0 radical (unpaired) electrons. The zero-order chi connectivity index (χ0) is 11.3. The van der Waals surface area contributed by atoms with Crippen molar-refractivity contribution in [2.24, 2.45) is 11.3 Å². The van der Waals surface area contributed by atoms with Gasteiger partial charge >= 0.3 is 0 Å². The van der Waals surface area contributed by atoms with Gasteiger partial charge in [-0.2, -0.15) is 0 Å². The fourth-order valence-corrected chi connectivity index (χ4v) is 2.20. The van der Waals surface area contributed by atoms with Crippen LogP contribution in [0.2, 0.25) is 0 Å². The fourth-order valence-electron chi connectivity index (χ4n) is 2.20. The molecule has 1 unspecified atom stereocenters. The summed E-state index contributed by atoms with van der Waals surface area (Å²) in [6.07, 6.45) is 12.1. The second kappa shape index (κ2) is 5.29. The third-order valence-corrected chi connectivity index (χ3v) is 3.61. The average molecular weight is 206 g/mol. The Hall–Kier alpha value is -0.850. The van der Waals surface area contributed by atoms with Gasteiger partial charge in [0.15, 0.2) is 0 Å². The SMILES string of the molecule is CCCCC1(C(C)C)C=CC(C=O)=CC1. The van der Waals surface area contributed by atoms with Crippen LogP contribution in [-0.4, -0.2) is 6.29 Å². The molecule has 0 saturated carbocycles. The highest BCUT2D eigenvalue weighted by Crippen LogP contribution is 2.41. The third-order valence-electron chi connectivity index (χ3n) is 3.61. The third kappa shape index (κ3) is 2.80. The number of hydrogen-bond acceptors (Lipinski definition) is 1. The maximum Gasteiger partial charge on any atom is 0.149 e. The molecule has 0 fully saturated rings. The molecule has 84 valence electrons. The van der Waals surface area contributed by atoms with Crippen LogP contribution >= 0.6 is 0 Å². The van der Waals surface area contributed by atoms with Crippen LogP contribution in [-0.2, 0) is 4.79 Å². The van der Waals surface area contributed by atoms with E-state index in [1.165, 1.54) is 19.3 Å². The topological polar surface area (TPSA) is 17.1 Å². The van der Waals surface area contributed by atoms with Gasteiger partial charge in [0, 0.05) is 5.57 Å². The molecular formula is C14H22O. The molecule has 0 aromatic carbocycles. The number of aldehydes is 1. The lowest BCUT2D eigenvalue weighted by molar-refractivity contribution is -0.104. The predicted molar refractivity (Wildman–Crippen MR) is 64.7 cm³/mol. The van der Waals surface area contributed by atoms with Crippen molar-refractivity contribution in [2.75, 3.05) is 0 Å². The van der Waals surface area contributed by atoms with Crippen LogP contribution in [0.3, 0.4) is 0 Å². The summed E-state index contributed by atoms with van der Waals surface area (Å²) >= 11 is 0. The van der Waals surface area contributed by atoms with E-state index in [2.05, 4.69) is 32.9 Å². The lowest BCUT2D eigenvalue weighted by Crippen LogP contribution is -2.26. The first kappa shape index (κ1) is 12.2. The fraction of sp³-hybridized carbons (Fsp3) is 0.643. The molecule has 15 heavy (non-hydrogen) atoms. The van der Waals surface area contributed by atoms with Gasteiger partial charge in [-0.1, -0.05) is 51.8 Å². The maximum atomic E-state index is 10.6. The van der Waals surface area contributed by atoms with Crippen LogP contribution in [0.1, 0.15) is 46.5 Å². The molecule has 1 rings (SSSR count). The summed E-state index contributed by atoms with van der Waals surface area (Å²) < 4.78 is 0. The van der Waals surface area contributed by atoms with Gasteiger partial charge in [0.1, 0.15) is 6.29 Å². The van der Waals surface area contributed by atoms with E-state index in [1.54, 1.807) is 0 Å². The molecule has 0 heterocycles. The van der Waals surface area contributed by atoms with Crippen molar-refractivity contribution in [3.05, 3.63) is 23.8 Å². The number of rotatable bonds is 5. The molecule has 1 atom stereocenters. The van der Waals surface area contributed by atoms with Crippen molar-refractivity contribution in [3.8, 4) is 0 Å². The van der Waals surface area contributed by atoms with Crippen molar-refractivity contribution in [2.45, 2.75) is 46.5 Å². The summed E-state index contributed by atoms with van der Waals surface area (Å²) in [5.74, 6) is 0.643. The minimum Gasteiger partial charge on any atom is -0.298 e. The highest BCUT2D eigenvalue weighted by Gasteiger charge is 2.30. The van der Waals surface area contributed by atoms with Crippen molar-refractivity contribution >= 4 is 6.29 Å². The van der Waals surface area contributed by atoms with E-state index in [0.717, 1.165) is 18.3 Å². The molecule has 1 aliphatic rings. The van der Waals surface area contributed by atoms with Gasteiger partial charge in [-0.15, -0.1) is 0 Å². The smallest absolute Gasteiger partial charge is 0.149 e. The highest BCUT2D eigenvalue weighted by atomic mass is 16.1. The Morgan fingerprint density at radius 2 is 2.27 bits per heavy atom. The zero-order valence-corrected chi connectivity index (χ0v) is 10.1. The van der Waals surface area contributed by atoms with E-state index in [9.17, 15) is 4.79 Å². The summed E-state index contributed by atoms with van der Waals surface area (Å²) in [7, 11) is 0. The first-order valence-electron chi connectivity index (χ1n) is 5.99. The van der Waals surface area contributed by atoms with Crippen molar-refractivity contribution in [1.82, 2.24) is 0 Å². The van der Waals surface area contributed by atoms with Gasteiger partial charge in [0.25, 0.3) is 0 Å². The lowest BCUT2D eigenvalue weighted by atomic mass is 9.69. The standard InChI is InChI=1S/C14H22O/c1-4-5-8-14(12(2)3)9-6-13(11-15)7-10-14/h6-7,9,11-12H,4-5,8,10H2,1-3H3. The minimum absolute atomic E-state index is 0.294. The van der Waals surface area contributed by atoms with Crippen molar-refractivity contribution < 1.29 is 4.79 Å². The second-order valence-corrected chi connectivity index (χ2v) is 4.85. The first-order chi connectivity index (χ1) is 7.14. The molecule has 0 saturated heterocycles. The van der Waals surface area contributed by atoms with E-state index >= 15 is 0 Å². The van der Waals surface area contributed by atoms with Crippen LogP contribution < -0.4 is 0 Å². The number of hydrogen-bond donors (Lipinski definition) is 0. The van der Waals surface area contributed by atoms with E-state index < -0.39 is 0 Å². The zero-order valence-electron chi connectivity index (χ0n) is 10.1. The Kier molecular flexibility index (Phi) is 4.31. The van der Waals surface area contributed by atoms with Crippen molar-refractivity contribution in [3.63, 3.8) is 0 Å². The van der Waals surface area contributed by atoms with Crippen LogP contribution in [0.4, 0.5) is 0 Å². The summed E-state index contributed by atoms with van der Waals surface area (Å²) in [5.41, 5.74) is 1.13. The number of carbonyl (C=O) groups excluding carboxylic acids is 1. The van der Waals surface area contributed by atoms with Crippen molar-refractivity contribution in [1.29, 1.82) is 0 Å². The monoisotopic (exact) mass is 206 g/mol. The normalized spacial score (nSPS) is 25.5. The summed E-state index contributed by atoms with van der Waals surface area (Å²) in [4.78, 5) is 10.6. The van der Waals surface area contributed by atoms with Gasteiger partial charge in [-0.3, -0.25) is 4.79 Å². The van der Waals surface area contributed by atoms with Gasteiger partial charge in [-0.05, 0) is 24.2 Å². The van der Waals surface area contributed by atoms with Gasteiger partial charge in [-0.25, -0.2) is 0 Å². The van der Waals surface area contributed by atoms with Gasteiger partial charge in [0.2, 0.25) is 0 Å². The van der Waals surface area contributed by atoms with Gasteiger partial charge in [0.05, 0.1) is 0 Å². The van der Waals surface area contributed by atoms with E-state index in [-0.39, 0.29) is 0 Å². The number of allylic oxidation sites excluding steroid dienone is 4. The van der Waals surface area contributed by atoms with Crippen LogP contribution in [0.15, 0.2) is 23.8 Å². The summed E-state index contributed by atoms with van der Waals surface area (Å²) in [6, 6.07) is 0. The highest BCUT2D eigenvalue weighted by molar-refractivity contribution is 5.77. The number of unbranched alkanes of at least 4 members (excludes halogenated alkanes) is 1. The molecule has 0 aliphatic heterocycles. The Morgan fingerprint density at radius 1 is 1.53 bits per heavy atom. The molecule has 0 aromatic rings. The van der Waals surface area contributed by atoms with Gasteiger partial charge < -0.3 is 0 Å². The molecule has 0 aromatic heterocycles. The van der Waals surface area contributed by atoms with E-state index in [4.69, 9.17) is 0 Å². The molecule has 0 bridgehead atoms. The quantitative estimate of drug-likeness (QED) is 0.623. The second-order valence-electron chi connectivity index (χ2n) is 4.85.